The molecule has 100 valence electrons. The van der Waals surface area contributed by atoms with Gasteiger partial charge in [-0.25, -0.2) is 9.97 Å². The van der Waals surface area contributed by atoms with E-state index in [1.54, 1.807) is 7.05 Å². The molecule has 0 saturated heterocycles. The smallest absolute Gasteiger partial charge is 0.221 e. The summed E-state index contributed by atoms with van der Waals surface area (Å²) in [5, 5.41) is 8.97. The normalized spacial score (nSPS) is 9.94. The molecule has 1 aromatic heterocycles. The molecule has 0 aliphatic carbocycles. The van der Waals surface area contributed by atoms with E-state index in [4.69, 9.17) is 0 Å². The van der Waals surface area contributed by atoms with E-state index in [1.807, 2.05) is 6.92 Å². The van der Waals surface area contributed by atoms with Crippen LogP contribution < -0.4 is 16.0 Å². The number of amides is 1. The van der Waals surface area contributed by atoms with Crippen LogP contribution in [0.5, 0.6) is 0 Å². The number of hydrogen-bond acceptors (Lipinski definition) is 5. The first kappa shape index (κ1) is 14.2. The fourth-order valence-electron chi connectivity index (χ4n) is 1.47. The third-order valence-electron chi connectivity index (χ3n) is 2.55. The van der Waals surface area contributed by atoms with Crippen molar-refractivity contribution in [1.82, 2.24) is 15.3 Å². The SMILES string of the molecule is CCCNc1ncnc(NCCC(=O)NC)c1C. The lowest BCUT2D eigenvalue weighted by atomic mass is 10.3. The Bertz CT molecular complexity index is 394. The van der Waals surface area contributed by atoms with Gasteiger partial charge in [-0.15, -0.1) is 0 Å². The molecule has 18 heavy (non-hydrogen) atoms. The first-order chi connectivity index (χ1) is 8.69. The number of rotatable bonds is 7. The molecule has 0 spiro atoms. The van der Waals surface area contributed by atoms with E-state index in [0.717, 1.165) is 30.2 Å². The highest BCUT2D eigenvalue weighted by atomic mass is 16.1. The molecule has 0 atom stereocenters. The van der Waals surface area contributed by atoms with Gasteiger partial charge in [0.2, 0.25) is 5.91 Å². The molecule has 0 saturated carbocycles. The third kappa shape index (κ3) is 4.20. The second-order valence-electron chi connectivity index (χ2n) is 3.97. The minimum Gasteiger partial charge on any atom is -0.370 e. The van der Waals surface area contributed by atoms with Crippen molar-refractivity contribution in [3.63, 3.8) is 0 Å². The summed E-state index contributed by atoms with van der Waals surface area (Å²) in [5.41, 5.74) is 0.975. The zero-order valence-corrected chi connectivity index (χ0v) is 11.2. The van der Waals surface area contributed by atoms with Crippen LogP contribution in [0.3, 0.4) is 0 Å². The van der Waals surface area contributed by atoms with Crippen LogP contribution in [0, 0.1) is 6.92 Å². The Morgan fingerprint density at radius 1 is 1.22 bits per heavy atom. The average molecular weight is 251 g/mol. The predicted molar refractivity (Wildman–Crippen MR) is 72.7 cm³/mol. The van der Waals surface area contributed by atoms with Crippen LogP contribution >= 0.6 is 0 Å². The zero-order chi connectivity index (χ0) is 13.4. The molecule has 1 rings (SSSR count). The number of hydrogen-bond donors (Lipinski definition) is 3. The number of anilines is 2. The molecule has 6 heteroatoms. The van der Waals surface area contributed by atoms with E-state index >= 15 is 0 Å². The molecule has 0 radical (unpaired) electrons. The molecule has 0 aliphatic rings. The van der Waals surface area contributed by atoms with E-state index in [9.17, 15) is 4.79 Å². The van der Waals surface area contributed by atoms with E-state index in [2.05, 4.69) is 32.8 Å². The number of nitrogens with zero attached hydrogens (tertiary/aromatic N) is 2. The molecular formula is C12H21N5O. The standard InChI is InChI=1S/C12H21N5O/c1-4-6-14-11-9(2)12(17-8-16-11)15-7-5-10(18)13-3/h8H,4-7H2,1-3H3,(H,13,18)(H2,14,15,16,17). The molecule has 3 N–H and O–H groups in total. The highest BCUT2D eigenvalue weighted by molar-refractivity contribution is 5.76. The van der Waals surface area contributed by atoms with Crippen LogP contribution in [0.4, 0.5) is 11.6 Å². The van der Waals surface area contributed by atoms with Crippen LogP contribution in [0.2, 0.25) is 0 Å². The minimum atomic E-state index is 0.0125. The van der Waals surface area contributed by atoms with Crippen molar-refractivity contribution in [2.75, 3.05) is 30.8 Å². The number of carbonyl (C=O) groups excluding carboxylic acids is 1. The van der Waals surface area contributed by atoms with Gasteiger partial charge >= 0.3 is 0 Å². The van der Waals surface area contributed by atoms with Crippen molar-refractivity contribution < 1.29 is 4.79 Å². The lowest BCUT2D eigenvalue weighted by molar-refractivity contribution is -0.120. The lowest BCUT2D eigenvalue weighted by Crippen LogP contribution is -2.21. The molecule has 0 bridgehead atoms. The number of nitrogens with one attached hydrogen (secondary N) is 3. The highest BCUT2D eigenvalue weighted by Gasteiger charge is 2.06. The minimum absolute atomic E-state index is 0.0125. The van der Waals surface area contributed by atoms with Crippen molar-refractivity contribution in [2.24, 2.45) is 0 Å². The van der Waals surface area contributed by atoms with Gasteiger partial charge in [0.05, 0.1) is 0 Å². The molecule has 0 aliphatic heterocycles. The van der Waals surface area contributed by atoms with Crippen molar-refractivity contribution in [1.29, 1.82) is 0 Å². The molecule has 1 amide bonds. The van der Waals surface area contributed by atoms with Gasteiger partial charge in [0, 0.05) is 32.1 Å². The van der Waals surface area contributed by atoms with E-state index in [1.165, 1.54) is 6.33 Å². The van der Waals surface area contributed by atoms with Crippen molar-refractivity contribution in [3.05, 3.63) is 11.9 Å². The largest absolute Gasteiger partial charge is 0.370 e. The van der Waals surface area contributed by atoms with Crippen LogP contribution in [0.15, 0.2) is 6.33 Å². The fraction of sp³-hybridized carbons (Fsp3) is 0.583. The summed E-state index contributed by atoms with van der Waals surface area (Å²) >= 11 is 0. The number of aromatic nitrogens is 2. The van der Waals surface area contributed by atoms with Gasteiger partial charge in [-0.2, -0.15) is 0 Å². The van der Waals surface area contributed by atoms with Crippen LogP contribution in [0.1, 0.15) is 25.3 Å². The van der Waals surface area contributed by atoms with E-state index < -0.39 is 0 Å². The maximum Gasteiger partial charge on any atom is 0.221 e. The van der Waals surface area contributed by atoms with Gasteiger partial charge in [0.1, 0.15) is 18.0 Å². The maximum atomic E-state index is 11.1. The summed E-state index contributed by atoms with van der Waals surface area (Å²) in [6.07, 6.45) is 2.99. The van der Waals surface area contributed by atoms with Crippen molar-refractivity contribution in [3.8, 4) is 0 Å². The topological polar surface area (TPSA) is 78.9 Å². The quantitative estimate of drug-likeness (QED) is 0.677. The summed E-state index contributed by atoms with van der Waals surface area (Å²) in [6.45, 7) is 5.51. The van der Waals surface area contributed by atoms with E-state index in [0.29, 0.717) is 13.0 Å². The molecule has 6 nitrogen and oxygen atoms in total. The Balaban J connectivity index is 2.57. The first-order valence-electron chi connectivity index (χ1n) is 6.19. The van der Waals surface area contributed by atoms with Gasteiger partial charge in [-0.05, 0) is 13.3 Å². The fourth-order valence-corrected chi connectivity index (χ4v) is 1.47. The Morgan fingerprint density at radius 3 is 2.39 bits per heavy atom. The van der Waals surface area contributed by atoms with Gasteiger partial charge in [-0.3, -0.25) is 4.79 Å². The molecule has 1 heterocycles. The Labute approximate surface area is 108 Å². The van der Waals surface area contributed by atoms with Crippen molar-refractivity contribution in [2.45, 2.75) is 26.7 Å². The summed E-state index contributed by atoms with van der Waals surface area (Å²) in [7, 11) is 1.63. The average Bonchev–Trinajstić information content (AvgIpc) is 2.39. The first-order valence-corrected chi connectivity index (χ1v) is 6.19. The summed E-state index contributed by atoms with van der Waals surface area (Å²) in [4.78, 5) is 19.5. The Kier molecular flexibility index (Phi) is 5.90. The zero-order valence-electron chi connectivity index (χ0n) is 11.2. The van der Waals surface area contributed by atoms with Gasteiger partial charge < -0.3 is 16.0 Å². The van der Waals surface area contributed by atoms with Gasteiger partial charge in [0.25, 0.3) is 0 Å². The molecule has 0 aromatic carbocycles. The van der Waals surface area contributed by atoms with Crippen LogP contribution in [0.25, 0.3) is 0 Å². The molecule has 1 aromatic rings. The van der Waals surface area contributed by atoms with Crippen molar-refractivity contribution >= 4 is 17.5 Å². The summed E-state index contributed by atoms with van der Waals surface area (Å²) in [6, 6.07) is 0. The molecular weight excluding hydrogens is 230 g/mol. The van der Waals surface area contributed by atoms with Crippen LogP contribution in [-0.4, -0.2) is 36.0 Å². The molecule has 0 unspecified atom stereocenters. The lowest BCUT2D eigenvalue weighted by Gasteiger charge is -2.12. The Hall–Kier alpha value is -1.85. The monoisotopic (exact) mass is 251 g/mol. The number of carbonyl (C=O) groups is 1. The highest BCUT2D eigenvalue weighted by Crippen LogP contribution is 2.17. The van der Waals surface area contributed by atoms with Gasteiger partial charge in [-0.1, -0.05) is 6.92 Å². The molecule has 0 fully saturated rings. The summed E-state index contributed by atoms with van der Waals surface area (Å²) in [5.74, 6) is 1.63. The van der Waals surface area contributed by atoms with E-state index in [-0.39, 0.29) is 5.91 Å². The second-order valence-corrected chi connectivity index (χ2v) is 3.97. The predicted octanol–water partition coefficient (Wildman–Crippen LogP) is 1.15. The second kappa shape index (κ2) is 7.47. The third-order valence-corrected chi connectivity index (χ3v) is 2.55. The van der Waals surface area contributed by atoms with Gasteiger partial charge in [0.15, 0.2) is 0 Å². The van der Waals surface area contributed by atoms with Crippen LogP contribution in [-0.2, 0) is 4.79 Å². The maximum absolute atomic E-state index is 11.1. The Morgan fingerprint density at radius 2 is 1.83 bits per heavy atom. The summed E-state index contributed by atoms with van der Waals surface area (Å²) < 4.78 is 0.